The molecule has 0 fully saturated rings. The Labute approximate surface area is 200 Å². The van der Waals surface area contributed by atoms with Crippen molar-refractivity contribution in [3.8, 4) is 5.75 Å². The van der Waals surface area contributed by atoms with Gasteiger partial charge in [-0.2, -0.15) is 0 Å². The number of aryl methyl sites for hydroxylation is 1. The molecule has 0 aliphatic rings. The minimum atomic E-state index is -3.83. The molecule has 2 rings (SSSR count). The van der Waals surface area contributed by atoms with Gasteiger partial charge in [0, 0.05) is 13.1 Å². The minimum absolute atomic E-state index is 0.153. The highest BCUT2D eigenvalue weighted by Crippen LogP contribution is 2.30. The minimum Gasteiger partial charge on any atom is -0.495 e. The molecular formula is C23H30ClN3O5S. The van der Waals surface area contributed by atoms with Gasteiger partial charge >= 0.3 is 0 Å². The van der Waals surface area contributed by atoms with Crippen LogP contribution in [0.3, 0.4) is 0 Å². The highest BCUT2D eigenvalue weighted by molar-refractivity contribution is 7.92. The van der Waals surface area contributed by atoms with Gasteiger partial charge in [0.05, 0.1) is 24.1 Å². The summed E-state index contributed by atoms with van der Waals surface area (Å²) < 4.78 is 31.2. The number of benzene rings is 2. The van der Waals surface area contributed by atoms with Gasteiger partial charge in [0.2, 0.25) is 21.8 Å². The lowest BCUT2D eigenvalue weighted by atomic mass is 10.1. The Balaban J connectivity index is 2.41. The molecule has 0 aliphatic heterocycles. The number of sulfonamides is 1. The first kappa shape index (κ1) is 26.5. The number of hydrogen-bond acceptors (Lipinski definition) is 5. The first-order valence-electron chi connectivity index (χ1n) is 10.4. The molecule has 0 aliphatic carbocycles. The van der Waals surface area contributed by atoms with Crippen LogP contribution >= 0.6 is 11.6 Å². The van der Waals surface area contributed by atoms with E-state index in [1.54, 1.807) is 13.8 Å². The summed E-state index contributed by atoms with van der Waals surface area (Å²) in [6, 6.07) is 11.2. The van der Waals surface area contributed by atoms with Gasteiger partial charge in [-0.3, -0.25) is 13.9 Å². The maximum absolute atomic E-state index is 13.4. The van der Waals surface area contributed by atoms with Crippen molar-refractivity contribution in [2.45, 2.75) is 33.4 Å². The van der Waals surface area contributed by atoms with Crippen molar-refractivity contribution in [1.82, 2.24) is 10.2 Å². The van der Waals surface area contributed by atoms with Gasteiger partial charge in [-0.05, 0) is 44.5 Å². The van der Waals surface area contributed by atoms with E-state index in [1.807, 2.05) is 31.2 Å². The van der Waals surface area contributed by atoms with Crippen LogP contribution in [0.4, 0.5) is 5.69 Å². The number of amides is 2. The number of ether oxygens (including phenoxy) is 1. The molecule has 1 atom stereocenters. The Bertz CT molecular complexity index is 1110. The summed E-state index contributed by atoms with van der Waals surface area (Å²) >= 11 is 6.18. The van der Waals surface area contributed by atoms with Gasteiger partial charge in [-0.15, -0.1) is 0 Å². The van der Waals surface area contributed by atoms with Crippen LogP contribution in [0.1, 0.15) is 25.0 Å². The zero-order valence-corrected chi connectivity index (χ0v) is 21.0. The Morgan fingerprint density at radius 2 is 1.88 bits per heavy atom. The van der Waals surface area contributed by atoms with E-state index in [4.69, 9.17) is 16.3 Å². The second-order valence-corrected chi connectivity index (χ2v) is 9.98. The lowest BCUT2D eigenvalue weighted by Gasteiger charge is -2.31. The van der Waals surface area contributed by atoms with Gasteiger partial charge in [-0.1, -0.05) is 41.4 Å². The molecule has 1 unspecified atom stereocenters. The fraction of sp³-hybridized carbons (Fsp3) is 0.391. The van der Waals surface area contributed by atoms with E-state index in [1.165, 1.54) is 30.2 Å². The van der Waals surface area contributed by atoms with Crippen molar-refractivity contribution in [3.05, 3.63) is 58.6 Å². The molecule has 10 heteroatoms. The van der Waals surface area contributed by atoms with Crippen LogP contribution in [-0.4, -0.2) is 57.6 Å². The van der Waals surface area contributed by atoms with E-state index < -0.39 is 28.5 Å². The molecule has 0 heterocycles. The van der Waals surface area contributed by atoms with Gasteiger partial charge in [-0.25, -0.2) is 8.42 Å². The van der Waals surface area contributed by atoms with Crippen molar-refractivity contribution in [3.63, 3.8) is 0 Å². The van der Waals surface area contributed by atoms with Crippen LogP contribution in [0.15, 0.2) is 42.5 Å². The lowest BCUT2D eigenvalue weighted by Crippen LogP contribution is -2.51. The fourth-order valence-corrected chi connectivity index (χ4v) is 4.43. The SMILES string of the molecule is CCNC(=O)C(C)N(Cc1cccc(C)c1)C(=O)CN(c1ccc(OC)c(Cl)c1)S(C)(=O)=O. The van der Waals surface area contributed by atoms with Crippen LogP contribution in [0.25, 0.3) is 0 Å². The number of rotatable bonds is 10. The standard InChI is InChI=1S/C23H30ClN3O5S/c1-6-25-23(29)17(3)26(14-18-9-7-8-16(2)12-18)22(28)15-27(33(5,30)31)19-10-11-21(32-4)20(24)13-19/h7-13,17H,6,14-15H2,1-5H3,(H,25,29). The van der Waals surface area contributed by atoms with Crippen LogP contribution < -0.4 is 14.4 Å². The van der Waals surface area contributed by atoms with Crippen molar-refractivity contribution < 1.29 is 22.7 Å². The highest BCUT2D eigenvalue weighted by atomic mass is 35.5. The van der Waals surface area contributed by atoms with Gasteiger partial charge in [0.1, 0.15) is 18.3 Å². The van der Waals surface area contributed by atoms with Crippen molar-refractivity contribution in [2.75, 3.05) is 30.8 Å². The maximum Gasteiger partial charge on any atom is 0.244 e. The summed E-state index contributed by atoms with van der Waals surface area (Å²) in [5.74, 6) is -0.462. The van der Waals surface area contributed by atoms with Gasteiger partial charge in [0.25, 0.3) is 0 Å². The summed E-state index contributed by atoms with van der Waals surface area (Å²) in [7, 11) is -2.38. The molecule has 2 aromatic rings. The third-order valence-corrected chi connectivity index (χ3v) is 6.49. The van der Waals surface area contributed by atoms with Gasteiger partial charge in [0.15, 0.2) is 0 Å². The molecule has 0 bridgehead atoms. The Hall–Kier alpha value is -2.78. The number of hydrogen-bond donors (Lipinski definition) is 1. The molecule has 180 valence electrons. The zero-order chi connectivity index (χ0) is 24.8. The second kappa shape index (κ2) is 11.4. The Kier molecular flexibility index (Phi) is 9.13. The topological polar surface area (TPSA) is 96.0 Å². The van der Waals surface area contributed by atoms with Crippen LogP contribution in [0.5, 0.6) is 5.75 Å². The molecule has 0 saturated heterocycles. The van der Waals surface area contributed by atoms with E-state index in [0.717, 1.165) is 21.7 Å². The molecule has 0 saturated carbocycles. The molecular weight excluding hydrogens is 466 g/mol. The van der Waals surface area contributed by atoms with Crippen LogP contribution in [0, 0.1) is 6.92 Å². The van der Waals surface area contributed by atoms with Crippen LogP contribution in [-0.2, 0) is 26.2 Å². The molecule has 2 aromatic carbocycles. The summed E-state index contributed by atoms with van der Waals surface area (Å²) in [6.07, 6.45) is 1.01. The monoisotopic (exact) mass is 495 g/mol. The lowest BCUT2D eigenvalue weighted by molar-refractivity contribution is -0.139. The number of carbonyl (C=O) groups excluding carboxylic acids is 2. The number of nitrogens with one attached hydrogen (secondary N) is 1. The van der Waals surface area contributed by atoms with E-state index in [9.17, 15) is 18.0 Å². The summed E-state index contributed by atoms with van der Waals surface area (Å²) in [4.78, 5) is 27.3. The number of nitrogens with zero attached hydrogens (tertiary/aromatic N) is 2. The van der Waals surface area contributed by atoms with E-state index in [0.29, 0.717) is 12.3 Å². The van der Waals surface area contributed by atoms with E-state index in [-0.39, 0.29) is 23.2 Å². The number of likely N-dealkylation sites (N-methyl/N-ethyl adjacent to an activating group) is 1. The fourth-order valence-electron chi connectivity index (χ4n) is 3.34. The molecule has 8 nitrogen and oxygen atoms in total. The molecule has 2 amide bonds. The molecule has 0 aromatic heterocycles. The summed E-state index contributed by atoms with van der Waals surface area (Å²) in [5, 5.41) is 2.93. The predicted octanol–water partition coefficient (Wildman–Crippen LogP) is 2.98. The molecule has 0 radical (unpaired) electrons. The summed E-state index contributed by atoms with van der Waals surface area (Å²) in [5.41, 5.74) is 2.06. The Morgan fingerprint density at radius 3 is 2.42 bits per heavy atom. The number of methoxy groups -OCH3 is 1. The number of carbonyl (C=O) groups is 2. The summed E-state index contributed by atoms with van der Waals surface area (Å²) in [6.45, 7) is 5.41. The largest absolute Gasteiger partial charge is 0.495 e. The average molecular weight is 496 g/mol. The smallest absolute Gasteiger partial charge is 0.244 e. The zero-order valence-electron chi connectivity index (χ0n) is 19.5. The molecule has 33 heavy (non-hydrogen) atoms. The molecule has 1 N–H and O–H groups in total. The quantitative estimate of drug-likeness (QED) is 0.546. The highest BCUT2D eigenvalue weighted by Gasteiger charge is 2.30. The third kappa shape index (κ3) is 7.10. The number of anilines is 1. The molecule has 0 spiro atoms. The van der Waals surface area contributed by atoms with Crippen LogP contribution in [0.2, 0.25) is 5.02 Å². The van der Waals surface area contributed by atoms with Crippen molar-refractivity contribution >= 4 is 39.1 Å². The van der Waals surface area contributed by atoms with Crippen molar-refractivity contribution in [1.29, 1.82) is 0 Å². The predicted molar refractivity (Wildman–Crippen MR) is 130 cm³/mol. The van der Waals surface area contributed by atoms with Gasteiger partial charge < -0.3 is 15.0 Å². The first-order chi connectivity index (χ1) is 15.5. The van der Waals surface area contributed by atoms with E-state index in [2.05, 4.69) is 5.32 Å². The number of halogens is 1. The Morgan fingerprint density at radius 1 is 1.18 bits per heavy atom. The van der Waals surface area contributed by atoms with Crippen molar-refractivity contribution in [2.24, 2.45) is 0 Å². The third-order valence-electron chi connectivity index (χ3n) is 5.06. The first-order valence-corrected chi connectivity index (χ1v) is 12.6. The van der Waals surface area contributed by atoms with E-state index >= 15 is 0 Å². The normalized spacial score (nSPS) is 12.1. The second-order valence-electron chi connectivity index (χ2n) is 7.67. The average Bonchev–Trinajstić information content (AvgIpc) is 2.74. The maximum atomic E-state index is 13.4.